The number of quaternary nitrogens is 1. The van der Waals surface area contributed by atoms with Gasteiger partial charge in [-0.3, -0.25) is 4.79 Å². The summed E-state index contributed by atoms with van der Waals surface area (Å²) in [6.45, 7) is 1.88. The molecule has 8 nitrogen and oxygen atoms in total. The lowest BCUT2D eigenvalue weighted by Gasteiger charge is -2.32. The van der Waals surface area contributed by atoms with E-state index in [0.717, 1.165) is 12.8 Å². The highest BCUT2D eigenvalue weighted by atomic mass is 35.5. The molecular weight excluding hydrogens is 584 g/mol. The molecule has 0 radical (unpaired) electrons. The fourth-order valence-electron chi connectivity index (χ4n) is 4.95. The molecule has 0 aromatic heterocycles. The van der Waals surface area contributed by atoms with Crippen LogP contribution in [0.5, 0.6) is 0 Å². The van der Waals surface area contributed by atoms with Crippen molar-refractivity contribution in [2.45, 2.75) is 58.1 Å². The Morgan fingerprint density at radius 2 is 1.79 bits per heavy atom. The summed E-state index contributed by atoms with van der Waals surface area (Å²) in [5.74, 6) is 0.308. The highest BCUT2D eigenvalue weighted by molar-refractivity contribution is 6.35. The Labute approximate surface area is 252 Å². The number of carbonyl (C=O) groups is 2. The quantitative estimate of drug-likeness (QED) is 0.298. The second-order valence-corrected chi connectivity index (χ2v) is 10.4. The van der Waals surface area contributed by atoms with E-state index in [1.165, 1.54) is 30.6 Å². The molecule has 214 valence electrons. The molecule has 1 unspecified atom stereocenters. The minimum absolute atomic E-state index is 0. The molecule has 2 amide bonds. The van der Waals surface area contributed by atoms with Gasteiger partial charge in [-0.1, -0.05) is 55.0 Å². The molecule has 3 N–H and O–H groups in total. The van der Waals surface area contributed by atoms with Crippen molar-refractivity contribution < 1.29 is 18.8 Å². The van der Waals surface area contributed by atoms with Gasteiger partial charge in [0.1, 0.15) is 25.6 Å². The Morgan fingerprint density at radius 3 is 2.41 bits per heavy atom. The number of nitrogens with one attached hydrogen (secondary N) is 1. The van der Waals surface area contributed by atoms with Crippen molar-refractivity contribution in [2.75, 3.05) is 20.1 Å². The molecule has 1 aliphatic carbocycles. The van der Waals surface area contributed by atoms with Crippen LogP contribution in [0.2, 0.25) is 10.0 Å². The van der Waals surface area contributed by atoms with Crippen molar-refractivity contribution in [1.29, 1.82) is 0 Å². The van der Waals surface area contributed by atoms with E-state index < -0.39 is 0 Å². The fraction of sp³-hybridized carbons (Fsp3) is 0.444. The standard InChI is InChI=1S/C27H34Cl2N5O3.2ClH/c1-18-16-34(25(36)15-31-19-8-5-3-4-6-9-19)13-12-23(33(2)24(35)14-30)26(27(34)32-18)37-17-20-21(28)10-7-11-22(20)29;;/h7,10-13,16,19,31H,3-6,8-9,14-15,17,30H2,1-2H3;2*1H/q+1;;. The highest BCUT2D eigenvalue weighted by Gasteiger charge is 2.49. The average molecular weight is 620 g/mol. The zero-order valence-electron chi connectivity index (χ0n) is 22.1. The van der Waals surface area contributed by atoms with Crippen molar-refractivity contribution >= 4 is 65.7 Å². The summed E-state index contributed by atoms with van der Waals surface area (Å²) in [4.78, 5) is 32.4. The number of ether oxygens (including phenoxy) is 1. The van der Waals surface area contributed by atoms with Crippen LogP contribution in [0.3, 0.4) is 0 Å². The Balaban J connectivity index is 0.00000267. The number of likely N-dealkylation sites (N-methyl/N-ethyl adjacent to an activating group) is 1. The number of rotatable bonds is 8. The average Bonchev–Trinajstić information content (AvgIpc) is 3.04. The number of hydrogen-bond acceptors (Lipinski definition) is 6. The minimum Gasteiger partial charge on any atom is -0.480 e. The highest BCUT2D eigenvalue weighted by Crippen LogP contribution is 2.35. The number of halogens is 4. The summed E-state index contributed by atoms with van der Waals surface area (Å²) in [5, 5.41) is 4.39. The molecule has 1 fully saturated rings. The van der Waals surface area contributed by atoms with Gasteiger partial charge in [0.05, 0.1) is 17.9 Å². The molecule has 2 heterocycles. The van der Waals surface area contributed by atoms with Gasteiger partial charge in [0, 0.05) is 34.8 Å². The van der Waals surface area contributed by atoms with E-state index >= 15 is 0 Å². The van der Waals surface area contributed by atoms with Crippen molar-refractivity contribution in [2.24, 2.45) is 10.7 Å². The molecule has 3 aliphatic rings. The van der Waals surface area contributed by atoms with Crippen LogP contribution in [-0.2, 0) is 20.9 Å². The SMILES string of the molecule is CC1=C[N+]2(C(=O)CNC3CCCCCC3)C=CC(N(C)C(=O)CN)=C(OCc3c(Cl)cccc3Cl)C2=N1.Cl.Cl. The Kier molecular flexibility index (Phi) is 12.5. The van der Waals surface area contributed by atoms with E-state index in [4.69, 9.17) is 38.7 Å². The number of nitrogens with zero attached hydrogens (tertiary/aromatic N) is 3. The molecule has 1 aromatic rings. The second-order valence-electron chi connectivity index (χ2n) is 9.62. The zero-order chi connectivity index (χ0) is 26.6. The van der Waals surface area contributed by atoms with Gasteiger partial charge in [0.25, 0.3) is 5.84 Å². The van der Waals surface area contributed by atoms with E-state index in [2.05, 4.69) is 5.32 Å². The number of amides is 2. The van der Waals surface area contributed by atoms with Crippen LogP contribution in [0.25, 0.3) is 0 Å². The molecule has 4 rings (SSSR count). The van der Waals surface area contributed by atoms with E-state index in [-0.39, 0.29) is 60.8 Å². The van der Waals surface area contributed by atoms with E-state index in [0.29, 0.717) is 44.6 Å². The van der Waals surface area contributed by atoms with Crippen molar-refractivity contribution in [3.8, 4) is 0 Å². The largest absolute Gasteiger partial charge is 0.480 e. The third-order valence-corrected chi connectivity index (χ3v) is 7.78. The molecule has 2 aliphatic heterocycles. The number of allylic oxidation sites excluding steroid dienone is 2. The van der Waals surface area contributed by atoms with Gasteiger partial charge in [-0.2, -0.15) is 9.48 Å². The number of nitrogens with two attached hydrogens (primary N) is 1. The maximum Gasteiger partial charge on any atom is 0.343 e. The topological polar surface area (TPSA) is 97.0 Å². The monoisotopic (exact) mass is 618 g/mol. The van der Waals surface area contributed by atoms with Crippen LogP contribution in [0.4, 0.5) is 0 Å². The summed E-state index contributed by atoms with van der Waals surface area (Å²) < 4.78 is 6.05. The third-order valence-electron chi connectivity index (χ3n) is 7.07. The van der Waals surface area contributed by atoms with Crippen LogP contribution in [-0.4, -0.2) is 53.2 Å². The smallest absolute Gasteiger partial charge is 0.343 e. The summed E-state index contributed by atoms with van der Waals surface area (Å²) in [5.41, 5.74) is 7.37. The summed E-state index contributed by atoms with van der Waals surface area (Å²) in [6.07, 6.45) is 12.2. The van der Waals surface area contributed by atoms with Gasteiger partial charge in [-0.05, 0) is 31.9 Å². The van der Waals surface area contributed by atoms with Crippen molar-refractivity contribution in [3.63, 3.8) is 0 Å². The number of amidine groups is 1. The zero-order valence-corrected chi connectivity index (χ0v) is 25.3. The first-order chi connectivity index (χ1) is 17.8. The first-order valence-electron chi connectivity index (χ1n) is 12.7. The van der Waals surface area contributed by atoms with Crippen molar-refractivity contribution in [1.82, 2.24) is 10.2 Å². The first kappa shape index (κ1) is 33.3. The molecule has 12 heteroatoms. The van der Waals surface area contributed by atoms with Gasteiger partial charge in [0.2, 0.25) is 11.7 Å². The molecule has 39 heavy (non-hydrogen) atoms. The summed E-state index contributed by atoms with van der Waals surface area (Å²) in [7, 11) is 1.62. The van der Waals surface area contributed by atoms with E-state index in [1.807, 2.05) is 6.92 Å². The van der Waals surface area contributed by atoms with Crippen LogP contribution >= 0.6 is 48.0 Å². The fourth-order valence-corrected chi connectivity index (χ4v) is 5.46. The lowest BCUT2D eigenvalue weighted by atomic mass is 10.1. The second kappa shape index (κ2) is 14.6. The predicted molar refractivity (Wildman–Crippen MR) is 160 cm³/mol. The molecule has 0 bridgehead atoms. The van der Waals surface area contributed by atoms with Gasteiger partial charge < -0.3 is 20.7 Å². The van der Waals surface area contributed by atoms with Gasteiger partial charge >= 0.3 is 5.91 Å². The number of fused-ring (bicyclic) bond motifs is 1. The molecule has 0 spiro atoms. The van der Waals surface area contributed by atoms with Crippen LogP contribution in [0, 0.1) is 0 Å². The molecule has 1 saturated carbocycles. The molecule has 1 atom stereocenters. The number of benzene rings is 1. The van der Waals surface area contributed by atoms with E-state index in [1.54, 1.807) is 43.7 Å². The van der Waals surface area contributed by atoms with Gasteiger partial charge in [-0.15, -0.1) is 24.8 Å². The number of hydrogen-bond donors (Lipinski definition) is 2. The molecular formula is C27H36Cl4N5O3+. The summed E-state index contributed by atoms with van der Waals surface area (Å²) >= 11 is 12.8. The molecule has 1 aromatic carbocycles. The lowest BCUT2D eigenvalue weighted by molar-refractivity contribution is -0.646. The Bertz CT molecular complexity index is 1170. The maximum atomic E-state index is 13.8. The van der Waals surface area contributed by atoms with Gasteiger partial charge in [0.15, 0.2) is 0 Å². The normalized spacial score (nSPS) is 20.6. The predicted octanol–water partition coefficient (Wildman–Crippen LogP) is 5.44. The van der Waals surface area contributed by atoms with Crippen molar-refractivity contribution in [3.05, 3.63) is 69.4 Å². The van der Waals surface area contributed by atoms with Crippen LogP contribution in [0.1, 0.15) is 51.0 Å². The van der Waals surface area contributed by atoms with Gasteiger partial charge in [-0.25, -0.2) is 4.79 Å². The molecule has 0 saturated heterocycles. The third kappa shape index (κ3) is 7.24. The summed E-state index contributed by atoms with van der Waals surface area (Å²) in [6, 6.07) is 5.54. The Hall–Kier alpha value is -1.91. The first-order valence-corrected chi connectivity index (χ1v) is 13.4. The van der Waals surface area contributed by atoms with E-state index in [9.17, 15) is 9.59 Å². The number of aliphatic imine (C=N–C) groups is 1. The lowest BCUT2D eigenvalue weighted by Crippen LogP contribution is -2.54. The van der Waals surface area contributed by atoms with Crippen LogP contribution < -0.4 is 11.1 Å². The maximum absolute atomic E-state index is 13.8. The number of carbonyl (C=O) groups excluding carboxylic acids is 2. The minimum atomic E-state index is -0.304. The van der Waals surface area contributed by atoms with Crippen LogP contribution in [0.15, 0.2) is 58.8 Å². The Morgan fingerprint density at radius 1 is 1.15 bits per heavy atom.